The van der Waals surface area contributed by atoms with Crippen molar-refractivity contribution < 1.29 is 4.39 Å². The molecule has 0 saturated heterocycles. The summed E-state index contributed by atoms with van der Waals surface area (Å²) < 4.78 is 13.0. The van der Waals surface area contributed by atoms with Gasteiger partial charge in [-0.15, -0.1) is 11.3 Å². The second kappa shape index (κ2) is 4.96. The number of nitrogens with one attached hydrogen (secondary N) is 1. The van der Waals surface area contributed by atoms with Crippen molar-refractivity contribution in [1.29, 1.82) is 0 Å². The zero-order valence-corrected chi connectivity index (χ0v) is 12.3. The largest absolute Gasteiger partial charge is 0.375 e. The number of anilines is 1. The van der Waals surface area contributed by atoms with E-state index in [1.54, 1.807) is 12.1 Å². The number of aromatic nitrogens is 2. The number of H-pyrrole nitrogens is 1. The van der Waals surface area contributed by atoms with E-state index in [-0.39, 0.29) is 5.82 Å². The average molecular weight is 309 g/mol. The molecule has 0 aliphatic rings. The maximum Gasteiger partial charge on any atom is 0.180 e. The quantitative estimate of drug-likeness (QED) is 0.565. The Morgan fingerprint density at radius 3 is 2.55 bits per heavy atom. The molecule has 2 aromatic carbocycles. The number of nitrogen functional groups attached to an aromatic ring is 1. The molecule has 0 radical (unpaired) electrons. The fraction of sp³-hybridized carbons (Fsp3) is 0. The molecule has 0 fully saturated rings. The smallest absolute Gasteiger partial charge is 0.180 e. The van der Waals surface area contributed by atoms with Gasteiger partial charge in [-0.1, -0.05) is 24.3 Å². The number of fused-ring (bicyclic) bond motifs is 1. The summed E-state index contributed by atoms with van der Waals surface area (Å²) in [6, 6.07) is 12.6. The number of halogens is 1. The van der Waals surface area contributed by atoms with E-state index in [0.717, 1.165) is 33.3 Å². The third kappa shape index (κ3) is 2.16. The number of hydrogen-bond donors (Lipinski definition) is 2. The van der Waals surface area contributed by atoms with E-state index in [1.807, 2.05) is 17.6 Å². The Bertz CT molecular complexity index is 954. The van der Waals surface area contributed by atoms with E-state index in [2.05, 4.69) is 22.1 Å². The van der Waals surface area contributed by atoms with Crippen molar-refractivity contribution in [3.63, 3.8) is 0 Å². The number of nitrogens with two attached hydrogens (primary N) is 1. The van der Waals surface area contributed by atoms with Gasteiger partial charge in [0.25, 0.3) is 0 Å². The van der Waals surface area contributed by atoms with Crippen LogP contribution in [0.1, 0.15) is 0 Å². The number of aromatic amines is 1. The third-order valence-corrected chi connectivity index (χ3v) is 4.33. The SMILES string of the molecule is Nc1nc(-c2c[nH]c3cc(-c4ccc(F)cc4)ccc23)cs1. The summed E-state index contributed by atoms with van der Waals surface area (Å²) in [6.07, 6.45) is 1.94. The number of thiazole rings is 1. The van der Waals surface area contributed by atoms with Gasteiger partial charge in [-0.3, -0.25) is 0 Å². The molecule has 0 aliphatic carbocycles. The fourth-order valence-electron chi connectivity index (χ4n) is 2.57. The Hall–Kier alpha value is -2.66. The van der Waals surface area contributed by atoms with Crippen molar-refractivity contribution in [1.82, 2.24) is 9.97 Å². The molecule has 2 aromatic heterocycles. The lowest BCUT2D eigenvalue weighted by Crippen LogP contribution is -1.82. The number of benzene rings is 2. The summed E-state index contributed by atoms with van der Waals surface area (Å²) in [5.41, 5.74) is 10.7. The molecule has 0 amide bonds. The highest BCUT2D eigenvalue weighted by Gasteiger charge is 2.10. The highest BCUT2D eigenvalue weighted by Crippen LogP contribution is 2.32. The topological polar surface area (TPSA) is 54.7 Å². The van der Waals surface area contributed by atoms with Gasteiger partial charge < -0.3 is 10.7 Å². The Labute approximate surface area is 130 Å². The zero-order valence-electron chi connectivity index (χ0n) is 11.5. The Balaban J connectivity index is 1.81. The lowest BCUT2D eigenvalue weighted by Gasteiger charge is -2.02. The molecule has 22 heavy (non-hydrogen) atoms. The van der Waals surface area contributed by atoms with Gasteiger partial charge >= 0.3 is 0 Å². The third-order valence-electron chi connectivity index (χ3n) is 3.66. The van der Waals surface area contributed by atoms with Crippen LogP contribution in [0.5, 0.6) is 0 Å². The molecule has 4 aromatic rings. The summed E-state index contributed by atoms with van der Waals surface area (Å²) in [5.74, 6) is -0.229. The second-order valence-electron chi connectivity index (χ2n) is 5.04. The number of nitrogens with zero attached hydrogens (tertiary/aromatic N) is 1. The molecule has 3 N–H and O–H groups in total. The number of hydrogen-bond acceptors (Lipinski definition) is 3. The molecular weight excluding hydrogens is 297 g/mol. The van der Waals surface area contributed by atoms with Crippen LogP contribution in [0.25, 0.3) is 33.3 Å². The highest BCUT2D eigenvalue weighted by molar-refractivity contribution is 7.13. The molecule has 4 rings (SSSR count). The first-order valence-electron chi connectivity index (χ1n) is 6.79. The lowest BCUT2D eigenvalue weighted by atomic mass is 10.0. The standard InChI is InChI=1S/C17H12FN3S/c18-12-4-1-10(2-5-12)11-3-6-13-14(8-20-15(13)7-11)16-9-22-17(19)21-16/h1-9,20H,(H2,19,21). The van der Waals surface area contributed by atoms with Crippen LogP contribution in [0.3, 0.4) is 0 Å². The van der Waals surface area contributed by atoms with Crippen molar-refractivity contribution in [2.45, 2.75) is 0 Å². The van der Waals surface area contributed by atoms with Crippen molar-refractivity contribution >= 4 is 27.4 Å². The molecule has 108 valence electrons. The average Bonchev–Trinajstić information content (AvgIpc) is 3.13. The molecule has 0 aliphatic heterocycles. The van der Waals surface area contributed by atoms with Crippen LogP contribution in [0.15, 0.2) is 54.0 Å². The minimum Gasteiger partial charge on any atom is -0.375 e. The predicted molar refractivity (Wildman–Crippen MR) is 89.2 cm³/mol. The Morgan fingerprint density at radius 1 is 1.05 bits per heavy atom. The van der Waals surface area contributed by atoms with Crippen molar-refractivity contribution in [3.8, 4) is 22.4 Å². The second-order valence-corrected chi connectivity index (χ2v) is 5.93. The maximum atomic E-state index is 13.0. The normalized spacial score (nSPS) is 11.1. The lowest BCUT2D eigenvalue weighted by molar-refractivity contribution is 0.628. The molecule has 0 spiro atoms. The molecule has 2 heterocycles. The summed E-state index contributed by atoms with van der Waals surface area (Å²) in [7, 11) is 0. The van der Waals surface area contributed by atoms with Gasteiger partial charge in [-0.05, 0) is 29.3 Å². The van der Waals surface area contributed by atoms with E-state index >= 15 is 0 Å². The van der Waals surface area contributed by atoms with Gasteiger partial charge in [-0.2, -0.15) is 0 Å². The van der Waals surface area contributed by atoms with E-state index < -0.39 is 0 Å². The van der Waals surface area contributed by atoms with Crippen molar-refractivity contribution in [3.05, 3.63) is 59.9 Å². The van der Waals surface area contributed by atoms with Gasteiger partial charge in [0, 0.05) is 28.0 Å². The predicted octanol–water partition coefficient (Wildman–Crippen LogP) is 4.68. The molecule has 0 atom stereocenters. The summed E-state index contributed by atoms with van der Waals surface area (Å²) in [5, 5.41) is 3.61. The van der Waals surface area contributed by atoms with Gasteiger partial charge in [0.15, 0.2) is 5.13 Å². The van der Waals surface area contributed by atoms with E-state index in [9.17, 15) is 4.39 Å². The Kier molecular flexibility index (Phi) is 2.94. The molecule has 0 bridgehead atoms. The van der Waals surface area contributed by atoms with Crippen LogP contribution in [-0.4, -0.2) is 9.97 Å². The van der Waals surface area contributed by atoms with E-state index in [0.29, 0.717) is 5.13 Å². The summed E-state index contributed by atoms with van der Waals surface area (Å²) in [6.45, 7) is 0. The number of rotatable bonds is 2. The first kappa shape index (κ1) is 13.0. The minimum absolute atomic E-state index is 0.229. The highest BCUT2D eigenvalue weighted by atomic mass is 32.1. The fourth-order valence-corrected chi connectivity index (χ4v) is 3.13. The summed E-state index contributed by atoms with van der Waals surface area (Å²) >= 11 is 1.43. The van der Waals surface area contributed by atoms with Crippen molar-refractivity contribution in [2.24, 2.45) is 0 Å². The molecule has 0 unspecified atom stereocenters. The van der Waals surface area contributed by atoms with Crippen molar-refractivity contribution in [2.75, 3.05) is 5.73 Å². The van der Waals surface area contributed by atoms with Crippen LogP contribution in [0, 0.1) is 5.82 Å². The molecular formula is C17H12FN3S. The maximum absolute atomic E-state index is 13.0. The van der Waals surface area contributed by atoms with E-state index in [4.69, 9.17) is 5.73 Å². The van der Waals surface area contributed by atoms with Gasteiger partial charge in [0.2, 0.25) is 0 Å². The van der Waals surface area contributed by atoms with E-state index in [1.165, 1.54) is 23.5 Å². The monoisotopic (exact) mass is 309 g/mol. The van der Waals surface area contributed by atoms with Crippen LogP contribution in [-0.2, 0) is 0 Å². The minimum atomic E-state index is -0.229. The Morgan fingerprint density at radius 2 is 1.82 bits per heavy atom. The molecule has 0 saturated carbocycles. The molecule has 3 nitrogen and oxygen atoms in total. The van der Waals surface area contributed by atoms with Crippen LogP contribution in [0.2, 0.25) is 0 Å². The first-order chi connectivity index (χ1) is 10.7. The van der Waals surface area contributed by atoms with Crippen LogP contribution in [0.4, 0.5) is 9.52 Å². The summed E-state index contributed by atoms with van der Waals surface area (Å²) in [4.78, 5) is 7.60. The van der Waals surface area contributed by atoms with Crippen LogP contribution < -0.4 is 5.73 Å². The first-order valence-corrected chi connectivity index (χ1v) is 7.67. The van der Waals surface area contributed by atoms with Gasteiger partial charge in [0.1, 0.15) is 5.82 Å². The zero-order chi connectivity index (χ0) is 15.1. The van der Waals surface area contributed by atoms with Gasteiger partial charge in [-0.25, -0.2) is 9.37 Å². The molecule has 5 heteroatoms. The van der Waals surface area contributed by atoms with Gasteiger partial charge in [0.05, 0.1) is 5.69 Å². The van der Waals surface area contributed by atoms with Crippen LogP contribution >= 0.6 is 11.3 Å².